The molecule has 0 aliphatic heterocycles. The van der Waals surface area contributed by atoms with Gasteiger partial charge in [-0.1, -0.05) is 30.4 Å². The van der Waals surface area contributed by atoms with Crippen LogP contribution in [-0.2, 0) is 0 Å². The molecule has 0 amide bonds. The molecule has 0 bridgehead atoms. The second-order valence-electron chi connectivity index (χ2n) is 2.61. The first kappa shape index (κ1) is 9.85. The van der Waals surface area contributed by atoms with Gasteiger partial charge in [0.2, 0.25) is 0 Å². The molecule has 1 aliphatic carbocycles. The zero-order valence-electron chi connectivity index (χ0n) is 7.03. The van der Waals surface area contributed by atoms with Crippen LogP contribution >= 0.6 is 12.2 Å². The van der Waals surface area contributed by atoms with Gasteiger partial charge in [0.1, 0.15) is 0 Å². The average molecular weight is 191 g/mol. The zero-order valence-corrected chi connectivity index (χ0v) is 7.84. The van der Waals surface area contributed by atoms with Crippen molar-refractivity contribution in [3.63, 3.8) is 0 Å². The molecular formula is C10H9NOS. The van der Waals surface area contributed by atoms with Crippen LogP contribution in [0.2, 0.25) is 0 Å². The Morgan fingerprint density at radius 1 is 1.62 bits per heavy atom. The second-order valence-corrected chi connectivity index (χ2v) is 3.10. The highest BCUT2D eigenvalue weighted by molar-refractivity contribution is 7.80. The number of aliphatic hydroxyl groups excluding tert-OH is 1. The first-order valence-electron chi connectivity index (χ1n) is 3.89. The lowest BCUT2D eigenvalue weighted by atomic mass is 9.99. The molecule has 0 aromatic heterocycles. The standard InChI is InChI=1S/C10H9NOS/c11-7-8-3-4-9(2-1-5-12)10(13)6-8/h1-4,12H,5-6H2. The van der Waals surface area contributed by atoms with Gasteiger partial charge in [-0.3, -0.25) is 0 Å². The molecule has 2 nitrogen and oxygen atoms in total. The Kier molecular flexibility index (Phi) is 3.56. The van der Waals surface area contributed by atoms with Crippen molar-refractivity contribution in [1.82, 2.24) is 0 Å². The number of hydrogen-bond acceptors (Lipinski definition) is 3. The molecule has 0 unspecified atom stereocenters. The van der Waals surface area contributed by atoms with Crippen molar-refractivity contribution in [3.8, 4) is 6.07 Å². The molecule has 0 atom stereocenters. The van der Waals surface area contributed by atoms with Gasteiger partial charge in [0.05, 0.1) is 12.7 Å². The van der Waals surface area contributed by atoms with Crippen LogP contribution in [-0.4, -0.2) is 16.6 Å². The number of aliphatic hydroxyl groups is 1. The molecule has 1 N–H and O–H groups in total. The third kappa shape index (κ3) is 2.62. The first-order chi connectivity index (χ1) is 6.27. The van der Waals surface area contributed by atoms with Crippen molar-refractivity contribution < 1.29 is 5.11 Å². The quantitative estimate of drug-likeness (QED) is 0.675. The number of allylic oxidation sites excluding steroid dienone is 5. The van der Waals surface area contributed by atoms with Crippen LogP contribution in [0.3, 0.4) is 0 Å². The summed E-state index contributed by atoms with van der Waals surface area (Å²) in [7, 11) is 0. The molecule has 13 heavy (non-hydrogen) atoms. The SMILES string of the molecule is N#CC1=CC=C(C=CCO)C(=S)C1. The topological polar surface area (TPSA) is 44.0 Å². The van der Waals surface area contributed by atoms with E-state index in [1.54, 1.807) is 24.3 Å². The molecule has 1 aliphatic rings. The predicted molar refractivity (Wildman–Crippen MR) is 55.2 cm³/mol. The van der Waals surface area contributed by atoms with E-state index < -0.39 is 0 Å². The third-order valence-corrected chi connectivity index (χ3v) is 2.06. The summed E-state index contributed by atoms with van der Waals surface area (Å²) in [5, 5.41) is 17.2. The normalized spacial score (nSPS) is 16.8. The molecular weight excluding hydrogens is 182 g/mol. The van der Waals surface area contributed by atoms with Gasteiger partial charge in [0, 0.05) is 16.9 Å². The average Bonchev–Trinajstić information content (AvgIpc) is 2.16. The Morgan fingerprint density at radius 2 is 2.38 bits per heavy atom. The first-order valence-corrected chi connectivity index (χ1v) is 4.30. The van der Waals surface area contributed by atoms with Crippen LogP contribution in [0.15, 0.2) is 35.5 Å². The van der Waals surface area contributed by atoms with E-state index in [9.17, 15) is 0 Å². The maximum atomic E-state index is 8.61. The van der Waals surface area contributed by atoms with Crippen LogP contribution in [0.25, 0.3) is 0 Å². The lowest BCUT2D eigenvalue weighted by molar-refractivity contribution is 0.342. The van der Waals surface area contributed by atoms with Crippen LogP contribution in [0.4, 0.5) is 0 Å². The van der Waals surface area contributed by atoms with Gasteiger partial charge < -0.3 is 5.11 Å². The van der Waals surface area contributed by atoms with Gasteiger partial charge in [-0.05, 0) is 11.6 Å². The van der Waals surface area contributed by atoms with Crippen molar-refractivity contribution in [2.45, 2.75) is 6.42 Å². The summed E-state index contributed by atoms with van der Waals surface area (Å²) >= 11 is 5.09. The monoisotopic (exact) mass is 191 g/mol. The highest BCUT2D eigenvalue weighted by atomic mass is 32.1. The number of rotatable bonds is 2. The van der Waals surface area contributed by atoms with E-state index in [-0.39, 0.29) is 6.61 Å². The maximum Gasteiger partial charge on any atom is 0.0950 e. The summed E-state index contributed by atoms with van der Waals surface area (Å²) in [5.74, 6) is 0. The van der Waals surface area contributed by atoms with Crippen molar-refractivity contribution >= 4 is 17.1 Å². The molecule has 0 saturated carbocycles. The molecule has 1 rings (SSSR count). The summed E-state index contributed by atoms with van der Waals surface area (Å²) in [5.41, 5.74) is 1.59. The Morgan fingerprint density at radius 3 is 2.92 bits per heavy atom. The number of thiocarbonyl (C=S) groups is 1. The lowest BCUT2D eigenvalue weighted by Crippen LogP contribution is -2.03. The molecule has 0 aromatic rings. The minimum Gasteiger partial charge on any atom is -0.392 e. The zero-order chi connectivity index (χ0) is 9.68. The van der Waals surface area contributed by atoms with Crippen LogP contribution < -0.4 is 0 Å². The molecule has 3 heteroatoms. The van der Waals surface area contributed by atoms with Crippen LogP contribution in [0, 0.1) is 11.3 Å². The molecule has 0 fully saturated rings. The smallest absolute Gasteiger partial charge is 0.0950 e. The van der Waals surface area contributed by atoms with Gasteiger partial charge in [0.15, 0.2) is 0 Å². The summed E-state index contributed by atoms with van der Waals surface area (Å²) < 4.78 is 0. The molecule has 66 valence electrons. The fraction of sp³-hybridized carbons (Fsp3) is 0.200. The van der Waals surface area contributed by atoms with Gasteiger partial charge >= 0.3 is 0 Å². The van der Waals surface area contributed by atoms with Crippen molar-refractivity contribution in [1.29, 1.82) is 5.26 Å². The van der Waals surface area contributed by atoms with E-state index in [2.05, 4.69) is 6.07 Å². The van der Waals surface area contributed by atoms with E-state index in [1.165, 1.54) is 0 Å². The second kappa shape index (κ2) is 4.70. The summed E-state index contributed by atoms with van der Waals surface area (Å²) in [6, 6.07) is 2.07. The lowest BCUT2D eigenvalue weighted by Gasteiger charge is -2.07. The van der Waals surface area contributed by atoms with E-state index in [0.29, 0.717) is 12.0 Å². The highest BCUT2D eigenvalue weighted by Crippen LogP contribution is 2.16. The number of hydrogen-bond donors (Lipinski definition) is 1. The van der Waals surface area contributed by atoms with E-state index >= 15 is 0 Å². The molecule has 0 radical (unpaired) electrons. The Hall–Kier alpha value is -1.24. The van der Waals surface area contributed by atoms with E-state index in [0.717, 1.165) is 10.4 Å². The highest BCUT2D eigenvalue weighted by Gasteiger charge is 2.08. The van der Waals surface area contributed by atoms with Gasteiger partial charge in [-0.2, -0.15) is 5.26 Å². The van der Waals surface area contributed by atoms with Crippen LogP contribution in [0.1, 0.15) is 6.42 Å². The summed E-state index contributed by atoms with van der Waals surface area (Å²) in [4.78, 5) is 0.753. The van der Waals surface area contributed by atoms with Gasteiger partial charge in [-0.15, -0.1) is 0 Å². The maximum absolute atomic E-state index is 8.61. The van der Waals surface area contributed by atoms with E-state index in [4.69, 9.17) is 22.6 Å². The molecule has 0 heterocycles. The predicted octanol–water partition coefficient (Wildman–Crippen LogP) is 1.68. The Labute approximate surface area is 82.5 Å². The van der Waals surface area contributed by atoms with Crippen molar-refractivity contribution in [2.24, 2.45) is 0 Å². The largest absolute Gasteiger partial charge is 0.392 e. The Bertz CT molecular complexity index is 344. The molecule has 0 spiro atoms. The molecule has 0 aromatic carbocycles. The minimum absolute atomic E-state index is 0.00871. The number of nitriles is 1. The summed E-state index contributed by atoms with van der Waals surface area (Å²) in [6.07, 6.45) is 7.49. The Balaban J connectivity index is 2.83. The van der Waals surface area contributed by atoms with Crippen LogP contribution in [0.5, 0.6) is 0 Å². The minimum atomic E-state index is 0.00871. The van der Waals surface area contributed by atoms with Gasteiger partial charge in [0.25, 0.3) is 0 Å². The van der Waals surface area contributed by atoms with Crippen molar-refractivity contribution in [2.75, 3.05) is 6.61 Å². The van der Waals surface area contributed by atoms with Gasteiger partial charge in [-0.25, -0.2) is 0 Å². The fourth-order valence-corrected chi connectivity index (χ4v) is 1.31. The molecule has 0 saturated heterocycles. The van der Waals surface area contributed by atoms with Crippen molar-refractivity contribution in [3.05, 3.63) is 35.5 Å². The third-order valence-electron chi connectivity index (χ3n) is 1.68. The number of nitrogens with zero attached hydrogens (tertiary/aromatic N) is 1. The fourth-order valence-electron chi connectivity index (χ4n) is 1.02. The summed E-state index contributed by atoms with van der Waals surface area (Å²) in [6.45, 7) is 0.00871. The van der Waals surface area contributed by atoms with E-state index in [1.807, 2.05) is 0 Å².